The Kier molecular flexibility index (Phi) is 5.11. The van der Waals surface area contributed by atoms with Crippen LogP contribution in [0.3, 0.4) is 0 Å². The van der Waals surface area contributed by atoms with Gasteiger partial charge in [-0.1, -0.05) is 48.5 Å². The zero-order valence-electron chi connectivity index (χ0n) is 15.6. The minimum Gasteiger partial charge on any atom is -0.493 e. The highest BCUT2D eigenvalue weighted by molar-refractivity contribution is 6.14. The third kappa shape index (κ3) is 3.76. The van der Waals surface area contributed by atoms with Gasteiger partial charge in [-0.2, -0.15) is 0 Å². The van der Waals surface area contributed by atoms with Crippen molar-refractivity contribution in [1.29, 1.82) is 0 Å². The number of fused-ring (bicyclic) bond motifs is 1. The zero-order valence-corrected chi connectivity index (χ0v) is 15.6. The van der Waals surface area contributed by atoms with Gasteiger partial charge in [-0.05, 0) is 41.5 Å². The van der Waals surface area contributed by atoms with E-state index < -0.39 is 0 Å². The monoisotopic (exact) mass is 372 g/mol. The first-order chi connectivity index (χ1) is 13.7. The number of carbonyl (C=O) groups excluding carboxylic acids is 1. The number of rotatable bonds is 5. The Labute approximate surface area is 164 Å². The fraction of sp³-hybridized carbons (Fsp3) is 0.125. The van der Waals surface area contributed by atoms with Crippen molar-refractivity contribution in [3.8, 4) is 17.2 Å². The van der Waals surface area contributed by atoms with Crippen LogP contribution in [0.25, 0.3) is 6.08 Å². The molecular weight excluding hydrogens is 352 g/mol. The first-order valence-corrected chi connectivity index (χ1v) is 9.06. The Bertz CT molecular complexity index is 1020. The highest BCUT2D eigenvalue weighted by Crippen LogP contribution is 2.31. The van der Waals surface area contributed by atoms with E-state index in [9.17, 15) is 4.79 Å². The third-order valence-corrected chi connectivity index (χ3v) is 4.57. The molecule has 4 heteroatoms. The summed E-state index contributed by atoms with van der Waals surface area (Å²) in [6.45, 7) is 0.713. The molecule has 0 aromatic heterocycles. The summed E-state index contributed by atoms with van der Waals surface area (Å²) >= 11 is 0. The van der Waals surface area contributed by atoms with Gasteiger partial charge in [0.25, 0.3) is 0 Å². The van der Waals surface area contributed by atoms with Crippen molar-refractivity contribution in [1.82, 2.24) is 0 Å². The van der Waals surface area contributed by atoms with Crippen molar-refractivity contribution < 1.29 is 19.0 Å². The van der Waals surface area contributed by atoms with Gasteiger partial charge in [0.05, 0.1) is 12.7 Å². The highest BCUT2D eigenvalue weighted by Gasteiger charge is 2.22. The summed E-state index contributed by atoms with van der Waals surface area (Å²) < 4.78 is 17.1. The minimum absolute atomic E-state index is 0.00905. The number of ketones is 1. The van der Waals surface area contributed by atoms with Crippen LogP contribution in [-0.4, -0.2) is 19.5 Å². The van der Waals surface area contributed by atoms with Gasteiger partial charge < -0.3 is 14.2 Å². The third-order valence-electron chi connectivity index (χ3n) is 4.57. The van der Waals surface area contributed by atoms with E-state index in [-0.39, 0.29) is 12.4 Å². The number of Topliss-reactive ketones (excluding diaryl/α,β-unsaturated/α-hetero) is 1. The molecule has 4 nitrogen and oxygen atoms in total. The van der Waals surface area contributed by atoms with Crippen LogP contribution in [0.2, 0.25) is 0 Å². The van der Waals surface area contributed by atoms with E-state index in [2.05, 4.69) is 0 Å². The zero-order chi connectivity index (χ0) is 19.3. The summed E-state index contributed by atoms with van der Waals surface area (Å²) in [6.07, 6.45) is 1.84. The Morgan fingerprint density at radius 2 is 1.75 bits per heavy atom. The predicted octanol–water partition coefficient (Wildman–Crippen LogP) is 4.93. The van der Waals surface area contributed by atoms with Crippen molar-refractivity contribution in [3.63, 3.8) is 0 Å². The van der Waals surface area contributed by atoms with Crippen LogP contribution < -0.4 is 14.2 Å². The van der Waals surface area contributed by atoms with Crippen LogP contribution in [0.1, 0.15) is 21.5 Å². The lowest BCUT2D eigenvalue weighted by Gasteiger charge is -2.18. The molecular formula is C24H20O4. The summed E-state index contributed by atoms with van der Waals surface area (Å²) in [6, 6.07) is 22.9. The summed E-state index contributed by atoms with van der Waals surface area (Å²) in [5.74, 6) is 1.90. The summed E-state index contributed by atoms with van der Waals surface area (Å²) in [7, 11) is 1.60. The molecule has 1 aliphatic rings. The summed E-state index contributed by atoms with van der Waals surface area (Å²) in [4.78, 5) is 12.7. The molecule has 0 saturated heterocycles. The second kappa shape index (κ2) is 8.01. The molecule has 1 heterocycles. The molecule has 3 aromatic carbocycles. The number of hydrogen-bond donors (Lipinski definition) is 0. The van der Waals surface area contributed by atoms with Gasteiger partial charge in [-0.15, -0.1) is 0 Å². The highest BCUT2D eigenvalue weighted by atomic mass is 16.5. The average Bonchev–Trinajstić information content (AvgIpc) is 2.75. The molecule has 140 valence electrons. The molecule has 0 bridgehead atoms. The Morgan fingerprint density at radius 3 is 2.57 bits per heavy atom. The minimum atomic E-state index is -0.00905. The van der Waals surface area contributed by atoms with Crippen LogP contribution in [-0.2, 0) is 6.61 Å². The van der Waals surface area contributed by atoms with Crippen LogP contribution in [0.15, 0.2) is 78.4 Å². The molecule has 3 aromatic rings. The number of ether oxygens (including phenoxy) is 3. The molecule has 0 spiro atoms. The number of benzene rings is 3. The molecule has 0 fully saturated rings. The standard InChI is InChI=1S/C24H20O4/c1-26-23-14-18(11-12-22(23)27-15-17-7-3-2-4-8-17)13-19-16-28-21-10-6-5-9-20(21)24(19)25/h2-14H,15-16H2,1H3/b19-13+. The Balaban J connectivity index is 1.54. The Morgan fingerprint density at radius 1 is 0.964 bits per heavy atom. The lowest BCUT2D eigenvalue weighted by Crippen LogP contribution is -2.18. The maximum atomic E-state index is 12.7. The first kappa shape index (κ1) is 17.9. The number of methoxy groups -OCH3 is 1. The summed E-state index contributed by atoms with van der Waals surface area (Å²) in [5, 5.41) is 0. The van der Waals surface area contributed by atoms with E-state index in [0.29, 0.717) is 35.0 Å². The predicted molar refractivity (Wildman–Crippen MR) is 108 cm³/mol. The molecule has 0 atom stereocenters. The molecule has 0 amide bonds. The van der Waals surface area contributed by atoms with E-state index in [1.165, 1.54) is 0 Å². The van der Waals surface area contributed by atoms with Gasteiger partial charge in [-0.3, -0.25) is 4.79 Å². The molecule has 1 aliphatic heterocycles. The van der Waals surface area contributed by atoms with Crippen LogP contribution in [0, 0.1) is 0 Å². The van der Waals surface area contributed by atoms with Crippen molar-refractivity contribution >= 4 is 11.9 Å². The van der Waals surface area contributed by atoms with Gasteiger partial charge in [0.15, 0.2) is 17.3 Å². The van der Waals surface area contributed by atoms with Crippen molar-refractivity contribution in [2.24, 2.45) is 0 Å². The SMILES string of the molecule is COc1cc(/C=C2\COc3ccccc3C2=O)ccc1OCc1ccccc1. The van der Waals surface area contributed by atoms with Gasteiger partial charge >= 0.3 is 0 Å². The van der Waals surface area contributed by atoms with E-state index >= 15 is 0 Å². The van der Waals surface area contributed by atoms with Crippen LogP contribution >= 0.6 is 0 Å². The van der Waals surface area contributed by atoms with Gasteiger partial charge in [0.1, 0.15) is 19.0 Å². The molecule has 28 heavy (non-hydrogen) atoms. The molecule has 0 radical (unpaired) electrons. The van der Waals surface area contributed by atoms with E-state index in [0.717, 1.165) is 11.1 Å². The smallest absolute Gasteiger partial charge is 0.196 e. The molecule has 0 aliphatic carbocycles. The number of hydrogen-bond acceptors (Lipinski definition) is 4. The fourth-order valence-corrected chi connectivity index (χ4v) is 3.11. The van der Waals surface area contributed by atoms with Gasteiger partial charge in [0.2, 0.25) is 0 Å². The van der Waals surface area contributed by atoms with E-state index in [1.54, 1.807) is 13.2 Å². The van der Waals surface area contributed by atoms with Gasteiger partial charge in [0, 0.05) is 5.57 Å². The maximum Gasteiger partial charge on any atom is 0.196 e. The number of carbonyl (C=O) groups is 1. The van der Waals surface area contributed by atoms with Crippen molar-refractivity contribution in [2.75, 3.05) is 13.7 Å². The summed E-state index contributed by atoms with van der Waals surface area (Å²) in [5.41, 5.74) is 3.14. The first-order valence-electron chi connectivity index (χ1n) is 9.06. The topological polar surface area (TPSA) is 44.8 Å². The van der Waals surface area contributed by atoms with Crippen molar-refractivity contribution in [2.45, 2.75) is 6.61 Å². The van der Waals surface area contributed by atoms with E-state index in [1.807, 2.05) is 72.8 Å². The molecule has 0 unspecified atom stereocenters. The molecule has 0 N–H and O–H groups in total. The maximum absolute atomic E-state index is 12.7. The van der Waals surface area contributed by atoms with E-state index in [4.69, 9.17) is 14.2 Å². The fourth-order valence-electron chi connectivity index (χ4n) is 3.11. The van der Waals surface area contributed by atoms with Crippen LogP contribution in [0.5, 0.6) is 17.2 Å². The second-order valence-electron chi connectivity index (χ2n) is 6.47. The molecule has 0 saturated carbocycles. The lowest BCUT2D eigenvalue weighted by molar-refractivity contribution is 0.100. The average molecular weight is 372 g/mol. The second-order valence-corrected chi connectivity index (χ2v) is 6.47. The number of para-hydroxylation sites is 1. The lowest BCUT2D eigenvalue weighted by atomic mass is 9.98. The largest absolute Gasteiger partial charge is 0.493 e. The quantitative estimate of drug-likeness (QED) is 0.596. The molecule has 4 rings (SSSR count). The van der Waals surface area contributed by atoms with Crippen LogP contribution in [0.4, 0.5) is 0 Å². The van der Waals surface area contributed by atoms with Crippen molar-refractivity contribution in [3.05, 3.63) is 95.1 Å². The Hall–Kier alpha value is -3.53. The normalized spacial score (nSPS) is 14.3. The van der Waals surface area contributed by atoms with Gasteiger partial charge in [-0.25, -0.2) is 0 Å².